The third-order valence-corrected chi connectivity index (χ3v) is 10.1. The van der Waals surface area contributed by atoms with Crippen LogP contribution in [0.5, 0.6) is 0 Å². The van der Waals surface area contributed by atoms with Gasteiger partial charge in [-0.2, -0.15) is 0 Å². The van der Waals surface area contributed by atoms with Crippen LogP contribution in [0.3, 0.4) is 0 Å². The number of hydrogen-bond acceptors (Lipinski definition) is 4. The van der Waals surface area contributed by atoms with Crippen molar-refractivity contribution in [3.8, 4) is 0 Å². The third kappa shape index (κ3) is 3.73. The predicted octanol–water partition coefficient (Wildman–Crippen LogP) is 10.8. The summed E-state index contributed by atoms with van der Waals surface area (Å²) in [6.45, 7) is 0. The molecule has 0 aliphatic carbocycles. The van der Waals surface area contributed by atoms with Crippen molar-refractivity contribution in [2.24, 2.45) is 0 Å². The van der Waals surface area contributed by atoms with Crippen LogP contribution in [0.4, 0.5) is 17.1 Å². The summed E-state index contributed by atoms with van der Waals surface area (Å²) in [5.74, 6) is 0. The molecule has 0 atom stereocenters. The molecule has 1 aliphatic heterocycles. The first kappa shape index (κ1) is 21.4. The van der Waals surface area contributed by atoms with E-state index in [9.17, 15) is 0 Å². The van der Waals surface area contributed by atoms with Gasteiger partial charge in [0.1, 0.15) is 0 Å². The van der Waals surface area contributed by atoms with Gasteiger partial charge in [-0.15, -0.1) is 11.3 Å². The van der Waals surface area contributed by atoms with E-state index in [-0.39, 0.29) is 0 Å². The Morgan fingerprint density at radius 1 is 0.543 bits per heavy atom. The number of hydrogen-bond donors (Lipinski definition) is 0. The smallest absolute Gasteiger partial charge is 0.0627 e. The Labute approximate surface area is 221 Å². The average molecular weight is 524 g/mol. The van der Waals surface area contributed by atoms with Crippen molar-refractivity contribution in [1.82, 2.24) is 0 Å². The van der Waals surface area contributed by atoms with E-state index in [0.717, 1.165) is 22.1 Å². The minimum Gasteiger partial charge on any atom is -0.309 e. The highest BCUT2D eigenvalue weighted by Gasteiger charge is 2.25. The van der Waals surface area contributed by atoms with Crippen molar-refractivity contribution in [1.29, 1.82) is 0 Å². The van der Waals surface area contributed by atoms with E-state index in [1.807, 2.05) is 23.1 Å². The Morgan fingerprint density at radius 2 is 1.26 bits per heavy atom. The molecule has 6 aromatic rings. The van der Waals surface area contributed by atoms with Crippen molar-refractivity contribution in [3.63, 3.8) is 0 Å². The van der Waals surface area contributed by atoms with Gasteiger partial charge in [0, 0.05) is 51.3 Å². The Hall–Kier alpha value is -2.89. The maximum absolute atomic E-state index is 6.73. The van der Waals surface area contributed by atoms with E-state index < -0.39 is 0 Å². The lowest BCUT2D eigenvalue weighted by atomic mass is 10.1. The second-order valence-electron chi connectivity index (χ2n) is 8.35. The molecule has 0 amide bonds. The first-order valence-electron chi connectivity index (χ1n) is 11.3. The van der Waals surface area contributed by atoms with Gasteiger partial charge >= 0.3 is 0 Å². The molecule has 5 heteroatoms. The number of thiophene rings is 1. The molecule has 0 N–H and O–H groups in total. The quantitative estimate of drug-likeness (QED) is 0.227. The zero-order valence-corrected chi connectivity index (χ0v) is 21.6. The normalized spacial score (nSPS) is 12.5. The van der Waals surface area contributed by atoms with Gasteiger partial charge in [0.05, 0.1) is 10.6 Å². The van der Waals surface area contributed by atoms with Gasteiger partial charge in [-0.3, -0.25) is 0 Å². The van der Waals surface area contributed by atoms with Gasteiger partial charge in [-0.25, -0.2) is 0 Å². The summed E-state index contributed by atoms with van der Waals surface area (Å²) in [4.78, 5) is 7.33. The lowest BCUT2D eigenvalue weighted by molar-refractivity contribution is 1.12. The van der Waals surface area contributed by atoms with Gasteiger partial charge in [0.25, 0.3) is 0 Å². The summed E-state index contributed by atoms with van der Waals surface area (Å²) in [5.41, 5.74) is 3.34. The van der Waals surface area contributed by atoms with Crippen LogP contribution in [0.2, 0.25) is 5.02 Å². The molecule has 0 spiro atoms. The summed E-state index contributed by atoms with van der Waals surface area (Å²) in [6.07, 6.45) is 0. The fourth-order valence-electron chi connectivity index (χ4n) is 4.60. The highest BCUT2D eigenvalue weighted by Crippen LogP contribution is 2.55. The fraction of sp³-hybridized carbons (Fsp3) is 0. The number of para-hydroxylation sites is 1. The first-order chi connectivity index (χ1) is 17.2. The number of nitrogens with zero attached hydrogens (tertiary/aromatic N) is 1. The molecule has 1 aliphatic rings. The molecule has 0 fully saturated rings. The number of halogens is 1. The van der Waals surface area contributed by atoms with Crippen LogP contribution in [-0.4, -0.2) is 0 Å². The predicted molar refractivity (Wildman–Crippen MR) is 154 cm³/mol. The molecule has 0 radical (unpaired) electrons. The van der Waals surface area contributed by atoms with Gasteiger partial charge < -0.3 is 4.90 Å². The van der Waals surface area contributed by atoms with Gasteiger partial charge in [-0.1, -0.05) is 89.7 Å². The largest absolute Gasteiger partial charge is 0.309 e. The maximum atomic E-state index is 6.73. The van der Waals surface area contributed by atoms with E-state index in [1.54, 1.807) is 11.8 Å². The standard InChI is InChI=1S/C30H18ClNS3/c31-19-16-24(30-29(17-19)34-26-12-6-7-13-27(26)35-30)32(20-8-2-1-3-9-20)21-14-15-23-22-10-4-5-11-25(22)33-28(23)18-21/h1-18H. The minimum absolute atomic E-state index is 0.745. The van der Waals surface area contributed by atoms with Crippen molar-refractivity contribution >= 4 is 83.7 Å². The summed E-state index contributed by atoms with van der Waals surface area (Å²) < 4.78 is 2.60. The monoisotopic (exact) mass is 523 g/mol. The molecule has 35 heavy (non-hydrogen) atoms. The Morgan fingerprint density at radius 3 is 2.11 bits per heavy atom. The minimum atomic E-state index is 0.745. The summed E-state index contributed by atoms with van der Waals surface area (Å²) >= 11 is 12.2. The fourth-order valence-corrected chi connectivity index (χ4v) is 8.41. The van der Waals surface area contributed by atoms with Gasteiger partial charge in [0.15, 0.2) is 0 Å². The lowest BCUT2D eigenvalue weighted by Gasteiger charge is -2.30. The summed E-state index contributed by atoms with van der Waals surface area (Å²) in [7, 11) is 0. The van der Waals surface area contributed by atoms with Crippen LogP contribution >= 0.6 is 46.5 Å². The molecule has 0 saturated carbocycles. The van der Waals surface area contributed by atoms with Crippen molar-refractivity contribution in [2.75, 3.05) is 4.90 Å². The molecule has 2 heterocycles. The second-order valence-corrected chi connectivity index (χ2v) is 12.0. The zero-order valence-electron chi connectivity index (χ0n) is 18.4. The third-order valence-electron chi connectivity index (χ3n) is 6.16. The molecule has 0 bridgehead atoms. The van der Waals surface area contributed by atoms with Crippen molar-refractivity contribution in [2.45, 2.75) is 19.6 Å². The Balaban J connectivity index is 1.45. The second kappa shape index (κ2) is 8.65. The number of rotatable bonds is 3. The molecular formula is C30H18ClNS3. The van der Waals surface area contributed by atoms with Crippen LogP contribution in [0, 0.1) is 0 Å². The first-order valence-corrected chi connectivity index (χ1v) is 14.1. The number of fused-ring (bicyclic) bond motifs is 5. The van der Waals surface area contributed by atoms with Crippen molar-refractivity contribution in [3.05, 3.63) is 114 Å². The molecule has 1 nitrogen and oxygen atoms in total. The molecule has 1 aromatic heterocycles. The SMILES string of the molecule is Clc1cc2c(c(N(c3ccccc3)c3ccc4c(c3)sc3ccccc34)c1)Sc1ccccc1S2. The molecule has 0 unspecified atom stereocenters. The van der Waals surface area contributed by atoms with Crippen LogP contribution < -0.4 is 4.90 Å². The van der Waals surface area contributed by atoms with E-state index in [0.29, 0.717) is 0 Å². The van der Waals surface area contributed by atoms with Gasteiger partial charge in [0.2, 0.25) is 0 Å². The Bertz CT molecular complexity index is 1730. The van der Waals surface area contributed by atoms with Crippen LogP contribution in [0.1, 0.15) is 0 Å². The number of anilines is 3. The van der Waals surface area contributed by atoms with Crippen LogP contribution in [0.25, 0.3) is 20.2 Å². The van der Waals surface area contributed by atoms with Crippen LogP contribution in [-0.2, 0) is 0 Å². The van der Waals surface area contributed by atoms with Gasteiger partial charge in [-0.05, 0) is 54.6 Å². The van der Waals surface area contributed by atoms with Crippen LogP contribution in [0.15, 0.2) is 129 Å². The molecule has 168 valence electrons. The molecule has 7 rings (SSSR count). The maximum Gasteiger partial charge on any atom is 0.0627 e. The number of benzene rings is 5. The Kier molecular flexibility index (Phi) is 5.29. The topological polar surface area (TPSA) is 3.24 Å². The summed E-state index contributed by atoms with van der Waals surface area (Å²) in [6, 6.07) is 38.8. The average Bonchev–Trinajstić information content (AvgIpc) is 3.26. The molecular weight excluding hydrogens is 506 g/mol. The van der Waals surface area contributed by atoms with Crippen molar-refractivity contribution < 1.29 is 0 Å². The van der Waals surface area contributed by atoms with E-state index in [2.05, 4.69) is 114 Å². The van der Waals surface area contributed by atoms with E-state index in [1.165, 1.54) is 39.8 Å². The van der Waals surface area contributed by atoms with E-state index >= 15 is 0 Å². The highest BCUT2D eigenvalue weighted by molar-refractivity contribution is 8.05. The highest BCUT2D eigenvalue weighted by atomic mass is 35.5. The summed E-state index contributed by atoms with van der Waals surface area (Å²) in [5, 5.41) is 3.36. The molecule has 5 aromatic carbocycles. The van der Waals surface area contributed by atoms with E-state index in [4.69, 9.17) is 11.6 Å². The molecule has 0 saturated heterocycles. The zero-order chi connectivity index (χ0) is 23.4. The lowest BCUT2D eigenvalue weighted by Crippen LogP contribution is -2.12.